The number of nitrogens with one attached hydrogen (secondary N) is 1. The SMILES string of the molecule is Cc1oc(C(=O)O)cc1S(=O)(=O)NC1CC(O)C1. The quantitative estimate of drug-likeness (QED) is 0.716. The molecule has 0 aromatic carbocycles. The summed E-state index contributed by atoms with van der Waals surface area (Å²) in [5, 5.41) is 17.8. The Labute approximate surface area is 103 Å². The lowest BCUT2D eigenvalue weighted by molar-refractivity contribution is 0.0660. The van der Waals surface area contributed by atoms with Gasteiger partial charge in [-0.2, -0.15) is 0 Å². The standard InChI is InChI=1S/C10H13NO6S/c1-5-9(4-8(17-5)10(13)14)18(15,16)11-6-2-7(12)3-6/h4,6-7,11-12H,2-3H2,1H3,(H,13,14). The monoisotopic (exact) mass is 275 g/mol. The zero-order valence-corrected chi connectivity index (χ0v) is 10.4. The average Bonchev–Trinajstić information content (AvgIpc) is 2.58. The first-order valence-electron chi connectivity index (χ1n) is 5.33. The smallest absolute Gasteiger partial charge is 0.371 e. The lowest BCUT2D eigenvalue weighted by atomic mass is 9.91. The van der Waals surface area contributed by atoms with Gasteiger partial charge in [-0.15, -0.1) is 0 Å². The van der Waals surface area contributed by atoms with Gasteiger partial charge in [-0.1, -0.05) is 0 Å². The van der Waals surface area contributed by atoms with Gasteiger partial charge in [0.2, 0.25) is 15.8 Å². The molecule has 1 aromatic rings. The third-order valence-electron chi connectivity index (χ3n) is 2.81. The largest absolute Gasteiger partial charge is 0.475 e. The van der Waals surface area contributed by atoms with Crippen LogP contribution in [0.1, 0.15) is 29.2 Å². The van der Waals surface area contributed by atoms with Crippen LogP contribution in [0.4, 0.5) is 0 Å². The van der Waals surface area contributed by atoms with Gasteiger partial charge >= 0.3 is 5.97 Å². The second kappa shape index (κ2) is 4.38. The molecule has 1 aromatic heterocycles. The predicted octanol–water partition coefficient (Wildman–Crippen LogP) is 0.0878. The van der Waals surface area contributed by atoms with E-state index in [-0.39, 0.29) is 16.7 Å². The summed E-state index contributed by atoms with van der Waals surface area (Å²) >= 11 is 0. The van der Waals surface area contributed by atoms with Crippen LogP contribution in [0, 0.1) is 6.92 Å². The van der Waals surface area contributed by atoms with Gasteiger partial charge < -0.3 is 14.6 Å². The molecule has 0 spiro atoms. The number of aliphatic hydroxyl groups excluding tert-OH is 1. The van der Waals surface area contributed by atoms with E-state index in [4.69, 9.17) is 14.6 Å². The molecule has 2 rings (SSSR count). The molecule has 1 aliphatic rings. The number of rotatable bonds is 4. The zero-order valence-electron chi connectivity index (χ0n) is 9.58. The maximum Gasteiger partial charge on any atom is 0.371 e. The first kappa shape index (κ1) is 13.1. The molecular formula is C10H13NO6S. The number of aromatic carboxylic acids is 1. The highest BCUT2D eigenvalue weighted by molar-refractivity contribution is 7.89. The van der Waals surface area contributed by atoms with Crippen molar-refractivity contribution < 1.29 is 27.8 Å². The van der Waals surface area contributed by atoms with E-state index in [1.807, 2.05) is 0 Å². The van der Waals surface area contributed by atoms with E-state index in [0.29, 0.717) is 12.8 Å². The highest BCUT2D eigenvalue weighted by Crippen LogP contribution is 2.24. The summed E-state index contributed by atoms with van der Waals surface area (Å²) in [4.78, 5) is 10.5. The van der Waals surface area contributed by atoms with Crippen molar-refractivity contribution in [1.29, 1.82) is 0 Å². The van der Waals surface area contributed by atoms with Crippen molar-refractivity contribution in [3.8, 4) is 0 Å². The molecule has 3 N–H and O–H groups in total. The summed E-state index contributed by atoms with van der Waals surface area (Å²) in [6.07, 6.45) is 0.252. The Kier molecular flexibility index (Phi) is 3.18. The summed E-state index contributed by atoms with van der Waals surface area (Å²) in [5.74, 6) is -1.71. The van der Waals surface area contributed by atoms with E-state index in [1.54, 1.807) is 0 Å². The number of carbonyl (C=O) groups is 1. The number of hydrogen-bond donors (Lipinski definition) is 3. The van der Waals surface area contributed by atoms with Crippen LogP contribution in [0.15, 0.2) is 15.4 Å². The molecule has 8 heteroatoms. The third kappa shape index (κ3) is 2.40. The van der Waals surface area contributed by atoms with E-state index in [1.165, 1.54) is 6.92 Å². The summed E-state index contributed by atoms with van der Waals surface area (Å²) in [6, 6.07) is 0.669. The Morgan fingerprint density at radius 2 is 2.11 bits per heavy atom. The molecule has 0 bridgehead atoms. The second-order valence-electron chi connectivity index (χ2n) is 4.28. The maximum atomic E-state index is 12.0. The highest BCUT2D eigenvalue weighted by atomic mass is 32.2. The number of carboxylic acids is 1. The van der Waals surface area contributed by atoms with E-state index in [2.05, 4.69) is 4.72 Å². The van der Waals surface area contributed by atoms with Crippen molar-refractivity contribution in [3.63, 3.8) is 0 Å². The molecule has 1 heterocycles. The van der Waals surface area contributed by atoms with Crippen molar-refractivity contribution in [2.45, 2.75) is 36.8 Å². The Hall–Kier alpha value is -1.38. The van der Waals surface area contributed by atoms with E-state index >= 15 is 0 Å². The molecule has 1 fully saturated rings. The average molecular weight is 275 g/mol. The summed E-state index contributed by atoms with van der Waals surface area (Å²) in [7, 11) is -3.81. The van der Waals surface area contributed by atoms with Crippen LogP contribution in [0.5, 0.6) is 0 Å². The fourth-order valence-electron chi connectivity index (χ4n) is 1.80. The fraction of sp³-hybridized carbons (Fsp3) is 0.500. The van der Waals surface area contributed by atoms with Crippen molar-refractivity contribution in [2.24, 2.45) is 0 Å². The summed E-state index contributed by atoms with van der Waals surface area (Å²) < 4.78 is 31.1. The van der Waals surface area contributed by atoms with Crippen LogP contribution < -0.4 is 4.72 Å². The molecule has 0 radical (unpaired) electrons. The van der Waals surface area contributed by atoms with Crippen LogP contribution in [-0.4, -0.2) is 36.7 Å². The molecule has 0 saturated heterocycles. The summed E-state index contributed by atoms with van der Waals surface area (Å²) in [6.45, 7) is 1.39. The minimum Gasteiger partial charge on any atom is -0.475 e. The number of sulfonamides is 1. The lowest BCUT2D eigenvalue weighted by Crippen LogP contribution is -2.46. The molecule has 0 atom stereocenters. The van der Waals surface area contributed by atoms with Gasteiger partial charge in [0.05, 0.1) is 6.10 Å². The third-order valence-corrected chi connectivity index (χ3v) is 4.44. The first-order chi connectivity index (χ1) is 8.29. The number of aryl methyl sites for hydroxylation is 1. The Balaban J connectivity index is 2.21. The van der Waals surface area contributed by atoms with Gasteiger partial charge in [0.1, 0.15) is 10.7 Å². The Morgan fingerprint density at radius 3 is 2.56 bits per heavy atom. The molecule has 1 saturated carbocycles. The first-order valence-corrected chi connectivity index (χ1v) is 6.82. The molecular weight excluding hydrogens is 262 g/mol. The molecule has 100 valence electrons. The van der Waals surface area contributed by atoms with E-state index in [0.717, 1.165) is 6.07 Å². The van der Waals surface area contributed by atoms with Gasteiger partial charge in [-0.25, -0.2) is 17.9 Å². The van der Waals surface area contributed by atoms with Gasteiger partial charge in [-0.3, -0.25) is 0 Å². The zero-order chi connectivity index (χ0) is 13.5. The number of aliphatic hydroxyl groups is 1. The van der Waals surface area contributed by atoms with Crippen molar-refractivity contribution in [3.05, 3.63) is 17.6 Å². The topological polar surface area (TPSA) is 117 Å². The van der Waals surface area contributed by atoms with Gasteiger partial charge in [0.25, 0.3) is 0 Å². The fourth-order valence-corrected chi connectivity index (χ4v) is 3.25. The molecule has 0 amide bonds. The van der Waals surface area contributed by atoms with Crippen molar-refractivity contribution >= 4 is 16.0 Å². The number of furan rings is 1. The van der Waals surface area contributed by atoms with E-state index < -0.39 is 27.9 Å². The molecule has 7 nitrogen and oxygen atoms in total. The molecule has 1 aliphatic carbocycles. The lowest BCUT2D eigenvalue weighted by Gasteiger charge is -2.31. The highest BCUT2D eigenvalue weighted by Gasteiger charge is 2.33. The molecule has 0 unspecified atom stereocenters. The van der Waals surface area contributed by atoms with Gasteiger partial charge in [-0.05, 0) is 19.8 Å². The minimum absolute atomic E-state index is 0.0276. The number of carboxylic acid groups (broad SMARTS) is 1. The summed E-state index contributed by atoms with van der Waals surface area (Å²) in [5.41, 5.74) is 0. The Bertz CT molecular complexity index is 569. The normalized spacial score (nSPS) is 23.7. The molecule has 18 heavy (non-hydrogen) atoms. The predicted molar refractivity (Wildman–Crippen MR) is 59.8 cm³/mol. The van der Waals surface area contributed by atoms with Crippen LogP contribution in [0.25, 0.3) is 0 Å². The number of hydrogen-bond acceptors (Lipinski definition) is 5. The van der Waals surface area contributed by atoms with Crippen LogP contribution in [-0.2, 0) is 10.0 Å². The van der Waals surface area contributed by atoms with Crippen LogP contribution in [0.2, 0.25) is 0 Å². The minimum atomic E-state index is -3.81. The maximum absolute atomic E-state index is 12.0. The second-order valence-corrected chi connectivity index (χ2v) is 5.96. The van der Waals surface area contributed by atoms with Crippen molar-refractivity contribution in [2.75, 3.05) is 0 Å². The van der Waals surface area contributed by atoms with Gasteiger partial charge in [0, 0.05) is 12.1 Å². The Morgan fingerprint density at radius 1 is 1.50 bits per heavy atom. The van der Waals surface area contributed by atoms with Crippen molar-refractivity contribution in [1.82, 2.24) is 4.72 Å². The van der Waals surface area contributed by atoms with Gasteiger partial charge in [0.15, 0.2) is 0 Å². The van der Waals surface area contributed by atoms with Crippen LogP contribution >= 0.6 is 0 Å². The van der Waals surface area contributed by atoms with Crippen LogP contribution in [0.3, 0.4) is 0 Å². The van der Waals surface area contributed by atoms with E-state index in [9.17, 15) is 13.2 Å². The molecule has 0 aliphatic heterocycles.